The van der Waals surface area contributed by atoms with E-state index in [9.17, 15) is 13.2 Å². The molecule has 1 amide bonds. The maximum Gasteiger partial charge on any atom is 0.258 e. The van der Waals surface area contributed by atoms with Crippen molar-refractivity contribution >= 4 is 31.7 Å². The van der Waals surface area contributed by atoms with Crippen molar-refractivity contribution in [2.45, 2.75) is 25.9 Å². The van der Waals surface area contributed by atoms with Gasteiger partial charge in [-0.05, 0) is 43.2 Å². The monoisotopic (exact) mass is 451 g/mol. The maximum absolute atomic E-state index is 13.4. The Labute approximate surface area is 168 Å². The van der Waals surface area contributed by atoms with Crippen molar-refractivity contribution in [3.05, 3.63) is 64.1 Å². The molecule has 1 aliphatic heterocycles. The zero-order chi connectivity index (χ0) is 19.4. The topological polar surface area (TPSA) is 63.7 Å². The molecule has 2 aromatic rings. The van der Waals surface area contributed by atoms with Crippen molar-refractivity contribution < 1.29 is 17.9 Å². The van der Waals surface area contributed by atoms with E-state index in [4.69, 9.17) is 4.74 Å². The summed E-state index contributed by atoms with van der Waals surface area (Å²) < 4.78 is 30.5. The van der Waals surface area contributed by atoms with Crippen LogP contribution in [0.25, 0.3) is 0 Å². The predicted molar refractivity (Wildman–Crippen MR) is 109 cm³/mol. The van der Waals surface area contributed by atoms with Crippen LogP contribution in [-0.4, -0.2) is 43.4 Å². The van der Waals surface area contributed by atoms with Crippen LogP contribution in [0.4, 0.5) is 0 Å². The summed E-state index contributed by atoms with van der Waals surface area (Å²) in [6.07, 6.45) is 0.457. The molecular formula is C20H22BrNO4S. The number of sulfone groups is 1. The van der Waals surface area contributed by atoms with E-state index >= 15 is 0 Å². The summed E-state index contributed by atoms with van der Waals surface area (Å²) in [5.74, 6) is 0.433. The number of ether oxygens (including phenoxy) is 1. The molecule has 0 saturated carbocycles. The first-order chi connectivity index (χ1) is 12.9. The number of carbonyl (C=O) groups is 1. The molecule has 0 bridgehead atoms. The molecule has 2 aromatic carbocycles. The number of benzene rings is 2. The fourth-order valence-electron chi connectivity index (χ4n) is 3.30. The molecule has 7 heteroatoms. The molecule has 5 nitrogen and oxygen atoms in total. The predicted octanol–water partition coefficient (Wildman–Crippen LogP) is 3.68. The Morgan fingerprint density at radius 2 is 2.00 bits per heavy atom. The lowest BCUT2D eigenvalue weighted by molar-refractivity contribution is 0.0676. The molecule has 1 heterocycles. The Bertz CT molecular complexity index is 929. The highest BCUT2D eigenvalue weighted by molar-refractivity contribution is 9.10. The largest absolute Gasteiger partial charge is 0.493 e. The summed E-state index contributed by atoms with van der Waals surface area (Å²) in [5.41, 5.74) is 1.40. The van der Waals surface area contributed by atoms with Gasteiger partial charge in [0.05, 0.1) is 23.7 Å². The van der Waals surface area contributed by atoms with Crippen molar-refractivity contribution in [1.82, 2.24) is 4.90 Å². The summed E-state index contributed by atoms with van der Waals surface area (Å²) in [4.78, 5) is 15.0. The van der Waals surface area contributed by atoms with Gasteiger partial charge in [-0.2, -0.15) is 0 Å². The van der Waals surface area contributed by atoms with Gasteiger partial charge in [-0.25, -0.2) is 8.42 Å². The molecule has 1 saturated heterocycles. The highest BCUT2D eigenvalue weighted by Crippen LogP contribution is 2.26. The van der Waals surface area contributed by atoms with Gasteiger partial charge in [-0.3, -0.25) is 4.79 Å². The van der Waals surface area contributed by atoms with E-state index in [2.05, 4.69) is 15.9 Å². The Morgan fingerprint density at radius 1 is 1.22 bits per heavy atom. The van der Waals surface area contributed by atoms with Crippen LogP contribution in [0, 0.1) is 0 Å². The van der Waals surface area contributed by atoms with Crippen LogP contribution < -0.4 is 4.74 Å². The highest BCUT2D eigenvalue weighted by Gasteiger charge is 2.35. The van der Waals surface area contributed by atoms with Crippen LogP contribution in [0.3, 0.4) is 0 Å². The van der Waals surface area contributed by atoms with Gasteiger partial charge >= 0.3 is 0 Å². The summed E-state index contributed by atoms with van der Waals surface area (Å²) in [6.45, 7) is 2.66. The summed E-state index contributed by atoms with van der Waals surface area (Å²) in [5, 5.41) is 0. The minimum absolute atomic E-state index is 0.00352. The first-order valence-electron chi connectivity index (χ1n) is 8.87. The fraction of sp³-hybridized carbons (Fsp3) is 0.350. The first kappa shape index (κ1) is 19.9. The second kappa shape index (κ2) is 8.44. The summed E-state index contributed by atoms with van der Waals surface area (Å²) in [6, 6.07) is 14.5. The van der Waals surface area contributed by atoms with Crippen LogP contribution in [0.5, 0.6) is 5.75 Å². The number of nitrogens with zero attached hydrogens (tertiary/aromatic N) is 1. The number of halogens is 1. The zero-order valence-electron chi connectivity index (χ0n) is 15.1. The SMILES string of the molecule is CCOc1ccccc1C(=O)N(Cc1cccc(Br)c1)[C@H]1CCS(=O)(=O)C1. The summed E-state index contributed by atoms with van der Waals surface area (Å²) >= 11 is 3.45. The molecule has 1 atom stereocenters. The number of carbonyl (C=O) groups excluding carboxylic acids is 1. The quantitative estimate of drug-likeness (QED) is 0.671. The van der Waals surface area contributed by atoms with Gasteiger partial charge in [0.25, 0.3) is 5.91 Å². The molecule has 3 rings (SSSR count). The van der Waals surface area contributed by atoms with Gasteiger partial charge in [0.2, 0.25) is 0 Å². The Kier molecular flexibility index (Phi) is 6.22. The number of amides is 1. The molecule has 0 radical (unpaired) electrons. The van der Waals surface area contributed by atoms with Crippen molar-refractivity contribution in [2.75, 3.05) is 18.1 Å². The number of hydrogen-bond donors (Lipinski definition) is 0. The van der Waals surface area contributed by atoms with E-state index in [1.807, 2.05) is 37.3 Å². The lowest BCUT2D eigenvalue weighted by Crippen LogP contribution is -2.40. The molecule has 0 unspecified atom stereocenters. The molecule has 0 aromatic heterocycles. The van der Waals surface area contributed by atoms with Crippen molar-refractivity contribution in [3.8, 4) is 5.75 Å². The Hall–Kier alpha value is -1.86. The van der Waals surface area contributed by atoms with E-state index in [0.717, 1.165) is 10.0 Å². The highest BCUT2D eigenvalue weighted by atomic mass is 79.9. The molecule has 1 fully saturated rings. The third-order valence-corrected chi connectivity index (χ3v) is 6.81. The van der Waals surface area contributed by atoms with Crippen LogP contribution in [0.1, 0.15) is 29.3 Å². The van der Waals surface area contributed by atoms with Crippen LogP contribution >= 0.6 is 15.9 Å². The summed E-state index contributed by atoms with van der Waals surface area (Å²) in [7, 11) is -3.11. The van der Waals surface area contributed by atoms with Crippen LogP contribution in [0.15, 0.2) is 53.0 Å². The number of hydrogen-bond acceptors (Lipinski definition) is 4. The molecular weight excluding hydrogens is 430 g/mol. The molecule has 0 spiro atoms. The number of rotatable bonds is 6. The van der Waals surface area contributed by atoms with E-state index in [1.165, 1.54) is 0 Å². The van der Waals surface area contributed by atoms with E-state index < -0.39 is 9.84 Å². The average Bonchev–Trinajstić information content (AvgIpc) is 2.99. The Morgan fingerprint density at radius 3 is 2.67 bits per heavy atom. The van der Waals surface area contributed by atoms with Crippen molar-refractivity contribution in [1.29, 1.82) is 0 Å². The maximum atomic E-state index is 13.4. The van der Waals surface area contributed by atoms with Crippen LogP contribution in [-0.2, 0) is 16.4 Å². The molecule has 0 aliphatic carbocycles. The Balaban J connectivity index is 1.95. The van der Waals surface area contributed by atoms with Crippen molar-refractivity contribution in [2.24, 2.45) is 0 Å². The molecule has 0 N–H and O–H groups in total. The van der Waals surface area contributed by atoms with Gasteiger partial charge in [-0.15, -0.1) is 0 Å². The second-order valence-electron chi connectivity index (χ2n) is 6.55. The first-order valence-corrected chi connectivity index (χ1v) is 11.5. The van der Waals surface area contributed by atoms with Gasteiger partial charge in [-0.1, -0.05) is 40.2 Å². The molecule has 1 aliphatic rings. The molecule has 144 valence electrons. The van der Waals surface area contributed by atoms with Gasteiger partial charge < -0.3 is 9.64 Å². The molecule has 27 heavy (non-hydrogen) atoms. The van der Waals surface area contributed by atoms with Gasteiger partial charge in [0.1, 0.15) is 5.75 Å². The lowest BCUT2D eigenvalue weighted by atomic mass is 10.1. The third-order valence-electron chi connectivity index (χ3n) is 4.57. The standard InChI is InChI=1S/C20H22BrNO4S/c1-2-26-19-9-4-3-8-18(19)20(23)22(17-10-11-27(24,25)14-17)13-15-6-5-7-16(21)12-15/h3-9,12,17H,2,10-11,13-14H2,1H3/t17-/m0/s1. The van der Waals surface area contributed by atoms with E-state index in [0.29, 0.717) is 30.9 Å². The fourth-order valence-corrected chi connectivity index (χ4v) is 5.48. The average molecular weight is 452 g/mol. The third kappa shape index (κ3) is 4.90. The van der Waals surface area contributed by atoms with E-state index in [1.54, 1.807) is 23.1 Å². The van der Waals surface area contributed by atoms with Gasteiger partial charge in [0.15, 0.2) is 9.84 Å². The van der Waals surface area contributed by atoms with Gasteiger partial charge in [0, 0.05) is 17.1 Å². The minimum Gasteiger partial charge on any atom is -0.493 e. The second-order valence-corrected chi connectivity index (χ2v) is 9.69. The minimum atomic E-state index is -3.11. The smallest absolute Gasteiger partial charge is 0.258 e. The number of para-hydroxylation sites is 1. The van der Waals surface area contributed by atoms with Crippen molar-refractivity contribution in [3.63, 3.8) is 0 Å². The van der Waals surface area contributed by atoms with Crippen LogP contribution in [0.2, 0.25) is 0 Å². The lowest BCUT2D eigenvalue weighted by Gasteiger charge is -2.29. The normalized spacial score (nSPS) is 18.2. The van der Waals surface area contributed by atoms with E-state index in [-0.39, 0.29) is 23.5 Å². The zero-order valence-corrected chi connectivity index (χ0v) is 17.5.